The standard InChI is InChI=1S/C16H18FN5/c1-11-19-16(21-20-11)15-4-2-3-7-22(15)10-13-6-5-12(9-18)8-14(13)17/h5-6,8,15H,2-4,7,10H2,1H3,(H,19,20,21)/t15-/m1/s1. The van der Waals surface area contributed by atoms with E-state index in [0.29, 0.717) is 17.7 Å². The van der Waals surface area contributed by atoms with Gasteiger partial charge in [0.2, 0.25) is 0 Å². The number of piperidine rings is 1. The molecule has 5 nitrogen and oxygen atoms in total. The van der Waals surface area contributed by atoms with Gasteiger partial charge in [0, 0.05) is 12.1 Å². The van der Waals surface area contributed by atoms with E-state index in [-0.39, 0.29) is 11.9 Å². The van der Waals surface area contributed by atoms with E-state index in [1.165, 1.54) is 6.07 Å². The van der Waals surface area contributed by atoms with Crippen molar-refractivity contribution < 1.29 is 4.39 Å². The number of nitriles is 1. The Labute approximate surface area is 128 Å². The summed E-state index contributed by atoms with van der Waals surface area (Å²) in [5, 5.41) is 16.0. The molecule has 1 saturated heterocycles. The minimum Gasteiger partial charge on any atom is -0.289 e. The third-order valence-corrected chi connectivity index (χ3v) is 4.08. The van der Waals surface area contributed by atoms with Crippen LogP contribution in [0.25, 0.3) is 0 Å². The van der Waals surface area contributed by atoms with Crippen LogP contribution in [-0.4, -0.2) is 26.6 Å². The Morgan fingerprint density at radius 3 is 3.00 bits per heavy atom. The first-order chi connectivity index (χ1) is 10.7. The van der Waals surface area contributed by atoms with Crippen LogP contribution in [0.5, 0.6) is 0 Å². The lowest BCUT2D eigenvalue weighted by Crippen LogP contribution is -2.33. The Morgan fingerprint density at radius 1 is 1.45 bits per heavy atom. The minimum atomic E-state index is -0.324. The van der Waals surface area contributed by atoms with Crippen LogP contribution in [0.3, 0.4) is 0 Å². The number of benzene rings is 1. The summed E-state index contributed by atoms with van der Waals surface area (Å²) in [6.07, 6.45) is 3.21. The summed E-state index contributed by atoms with van der Waals surface area (Å²) in [6, 6.07) is 6.73. The Bertz CT molecular complexity index is 703. The van der Waals surface area contributed by atoms with Gasteiger partial charge in [-0.15, -0.1) is 0 Å². The first kappa shape index (κ1) is 14.7. The largest absolute Gasteiger partial charge is 0.289 e. The molecular weight excluding hydrogens is 281 g/mol. The second-order valence-electron chi connectivity index (χ2n) is 5.68. The third-order valence-electron chi connectivity index (χ3n) is 4.08. The zero-order valence-electron chi connectivity index (χ0n) is 12.5. The normalized spacial score (nSPS) is 19.0. The molecule has 0 radical (unpaired) electrons. The Kier molecular flexibility index (Phi) is 4.16. The van der Waals surface area contributed by atoms with Crippen molar-refractivity contribution in [1.29, 1.82) is 5.26 Å². The predicted octanol–water partition coefficient (Wildman–Crippen LogP) is 2.85. The molecule has 22 heavy (non-hydrogen) atoms. The molecule has 1 aliphatic rings. The smallest absolute Gasteiger partial charge is 0.167 e. The molecule has 0 aliphatic carbocycles. The molecular formula is C16H18FN5. The molecule has 6 heteroatoms. The zero-order chi connectivity index (χ0) is 15.5. The van der Waals surface area contributed by atoms with Gasteiger partial charge in [-0.2, -0.15) is 10.4 Å². The number of rotatable bonds is 3. The first-order valence-corrected chi connectivity index (χ1v) is 7.49. The van der Waals surface area contributed by atoms with Crippen molar-refractivity contribution in [2.24, 2.45) is 0 Å². The average Bonchev–Trinajstić information content (AvgIpc) is 2.96. The minimum absolute atomic E-state index is 0.119. The molecule has 1 atom stereocenters. The number of aromatic amines is 1. The number of aryl methyl sites for hydroxylation is 1. The van der Waals surface area contributed by atoms with Crippen molar-refractivity contribution in [2.75, 3.05) is 6.54 Å². The number of H-pyrrole nitrogens is 1. The van der Waals surface area contributed by atoms with Crippen LogP contribution in [-0.2, 0) is 6.54 Å². The highest BCUT2D eigenvalue weighted by atomic mass is 19.1. The maximum Gasteiger partial charge on any atom is 0.167 e. The van der Waals surface area contributed by atoms with Crippen molar-refractivity contribution >= 4 is 0 Å². The highest BCUT2D eigenvalue weighted by molar-refractivity contribution is 5.32. The molecule has 3 rings (SSSR count). The molecule has 114 valence electrons. The fourth-order valence-corrected chi connectivity index (χ4v) is 2.95. The van der Waals surface area contributed by atoms with Crippen molar-refractivity contribution in [2.45, 2.75) is 38.8 Å². The number of nitrogens with one attached hydrogen (secondary N) is 1. The summed E-state index contributed by atoms with van der Waals surface area (Å²) in [5.41, 5.74) is 0.958. The highest BCUT2D eigenvalue weighted by Crippen LogP contribution is 2.30. The van der Waals surface area contributed by atoms with Crippen LogP contribution in [0.1, 0.15) is 48.1 Å². The predicted molar refractivity (Wildman–Crippen MR) is 79.2 cm³/mol. The van der Waals surface area contributed by atoms with Crippen molar-refractivity contribution in [1.82, 2.24) is 20.1 Å². The third kappa shape index (κ3) is 3.00. The topological polar surface area (TPSA) is 68.6 Å². The van der Waals surface area contributed by atoms with E-state index in [4.69, 9.17) is 5.26 Å². The molecule has 2 aromatic rings. The number of aromatic nitrogens is 3. The molecule has 1 N–H and O–H groups in total. The SMILES string of the molecule is Cc1nc([C@H]2CCCCN2Cc2ccc(C#N)cc2F)n[nH]1. The van der Waals surface area contributed by atoms with Crippen LogP contribution in [0.15, 0.2) is 18.2 Å². The maximum absolute atomic E-state index is 14.1. The molecule has 1 aromatic heterocycles. The number of likely N-dealkylation sites (tertiary alicyclic amines) is 1. The van der Waals surface area contributed by atoms with E-state index >= 15 is 0 Å². The quantitative estimate of drug-likeness (QED) is 0.946. The van der Waals surface area contributed by atoms with Crippen LogP contribution in [0.2, 0.25) is 0 Å². The van der Waals surface area contributed by atoms with Gasteiger partial charge in [0.1, 0.15) is 11.6 Å². The Morgan fingerprint density at radius 2 is 2.32 bits per heavy atom. The van der Waals surface area contributed by atoms with Crippen LogP contribution in [0.4, 0.5) is 4.39 Å². The van der Waals surface area contributed by atoms with E-state index in [2.05, 4.69) is 20.1 Å². The summed E-state index contributed by atoms with van der Waals surface area (Å²) in [6.45, 7) is 3.29. The van der Waals surface area contributed by atoms with Gasteiger partial charge in [0.25, 0.3) is 0 Å². The lowest BCUT2D eigenvalue weighted by atomic mass is 10.00. The summed E-state index contributed by atoms with van der Waals surface area (Å²) < 4.78 is 14.1. The molecule has 0 amide bonds. The van der Waals surface area contributed by atoms with Crippen molar-refractivity contribution in [3.8, 4) is 6.07 Å². The van der Waals surface area contributed by atoms with Gasteiger partial charge in [-0.25, -0.2) is 9.37 Å². The van der Waals surface area contributed by atoms with Gasteiger partial charge < -0.3 is 0 Å². The Hall–Kier alpha value is -2.26. The number of nitrogens with zero attached hydrogens (tertiary/aromatic N) is 4. The molecule has 2 heterocycles. The lowest BCUT2D eigenvalue weighted by molar-refractivity contribution is 0.132. The summed E-state index contributed by atoms with van der Waals surface area (Å²) in [5.74, 6) is 1.26. The monoisotopic (exact) mass is 299 g/mol. The fourth-order valence-electron chi connectivity index (χ4n) is 2.95. The van der Waals surface area contributed by atoms with Crippen LogP contribution in [0, 0.1) is 24.1 Å². The summed E-state index contributed by atoms with van der Waals surface area (Å²) >= 11 is 0. The van der Waals surface area contributed by atoms with Crippen LogP contribution >= 0.6 is 0 Å². The van der Waals surface area contributed by atoms with Crippen LogP contribution < -0.4 is 0 Å². The van der Waals surface area contributed by atoms with Gasteiger partial charge in [-0.05, 0) is 38.4 Å². The Balaban J connectivity index is 1.81. The van der Waals surface area contributed by atoms with E-state index in [0.717, 1.165) is 37.5 Å². The molecule has 0 unspecified atom stereocenters. The molecule has 1 aromatic carbocycles. The van der Waals surface area contributed by atoms with Gasteiger partial charge >= 0.3 is 0 Å². The fraction of sp³-hybridized carbons (Fsp3) is 0.438. The zero-order valence-corrected chi connectivity index (χ0v) is 12.5. The molecule has 0 saturated carbocycles. The maximum atomic E-state index is 14.1. The highest BCUT2D eigenvalue weighted by Gasteiger charge is 2.27. The number of halogens is 1. The second-order valence-corrected chi connectivity index (χ2v) is 5.68. The van der Waals surface area contributed by atoms with Crippen molar-refractivity contribution in [3.05, 3.63) is 46.8 Å². The van der Waals surface area contributed by atoms with E-state index in [1.807, 2.05) is 13.0 Å². The van der Waals surface area contributed by atoms with E-state index in [1.54, 1.807) is 12.1 Å². The molecule has 1 fully saturated rings. The van der Waals surface area contributed by atoms with Gasteiger partial charge in [-0.3, -0.25) is 10.00 Å². The average molecular weight is 299 g/mol. The molecule has 0 spiro atoms. The van der Waals surface area contributed by atoms with Crippen molar-refractivity contribution in [3.63, 3.8) is 0 Å². The van der Waals surface area contributed by atoms with Gasteiger partial charge in [0.05, 0.1) is 17.7 Å². The number of hydrogen-bond acceptors (Lipinski definition) is 4. The van der Waals surface area contributed by atoms with Gasteiger partial charge in [0.15, 0.2) is 5.82 Å². The first-order valence-electron chi connectivity index (χ1n) is 7.49. The molecule has 0 bridgehead atoms. The number of hydrogen-bond donors (Lipinski definition) is 1. The van der Waals surface area contributed by atoms with Gasteiger partial charge in [-0.1, -0.05) is 12.5 Å². The van der Waals surface area contributed by atoms with E-state index < -0.39 is 0 Å². The molecule has 1 aliphatic heterocycles. The summed E-state index contributed by atoms with van der Waals surface area (Å²) in [7, 11) is 0. The summed E-state index contributed by atoms with van der Waals surface area (Å²) in [4.78, 5) is 6.65. The lowest BCUT2D eigenvalue weighted by Gasteiger charge is -2.34. The second kappa shape index (κ2) is 6.24. The van der Waals surface area contributed by atoms with E-state index in [9.17, 15) is 4.39 Å².